The smallest absolute Gasteiger partial charge is 0.418 e. The number of likely N-dealkylation sites (tertiary alicyclic amines) is 1. The molecule has 1 aliphatic rings. The van der Waals surface area contributed by atoms with Crippen LogP contribution in [0.15, 0.2) is 54.6 Å². The van der Waals surface area contributed by atoms with E-state index in [0.717, 1.165) is 51.4 Å². The number of hydrogen-bond acceptors (Lipinski definition) is 7. The van der Waals surface area contributed by atoms with E-state index in [2.05, 4.69) is 17.6 Å². The molecule has 2 aromatic carbocycles. The summed E-state index contributed by atoms with van der Waals surface area (Å²) in [5.41, 5.74) is 0. The number of carbonyl (C=O) groups excluding carboxylic acids is 3. The zero-order valence-electron chi connectivity index (χ0n) is 24.7. The van der Waals surface area contributed by atoms with Gasteiger partial charge in [-0.1, -0.05) is 50.8 Å². The lowest BCUT2D eigenvalue weighted by Gasteiger charge is -2.33. The lowest BCUT2D eigenvalue weighted by Crippen LogP contribution is -2.48. The van der Waals surface area contributed by atoms with E-state index in [-0.39, 0.29) is 6.09 Å². The minimum Gasteiger partial charge on any atom is -0.457 e. The Morgan fingerprint density at radius 3 is 2.14 bits per heavy atom. The van der Waals surface area contributed by atoms with Crippen LogP contribution in [0.2, 0.25) is 0 Å². The molecule has 0 aromatic heterocycles. The van der Waals surface area contributed by atoms with Gasteiger partial charge in [-0.2, -0.15) is 0 Å². The van der Waals surface area contributed by atoms with Crippen LogP contribution in [0.5, 0.6) is 17.2 Å². The van der Waals surface area contributed by atoms with E-state index in [1.807, 2.05) is 30.3 Å². The van der Waals surface area contributed by atoms with Crippen LogP contribution in [0.25, 0.3) is 0 Å². The summed E-state index contributed by atoms with van der Waals surface area (Å²) in [6.07, 6.45) is 7.83. The van der Waals surface area contributed by atoms with Crippen LogP contribution in [0, 0.1) is 0 Å². The SMILES string of the molecule is CCCCCCNC(=O)OCCCCCCNC(=O)OC1CCCCN1C(=O)Oc1ccc(Oc2ccccc2)cc1. The van der Waals surface area contributed by atoms with Crippen molar-refractivity contribution < 1.29 is 33.3 Å². The minimum atomic E-state index is -0.679. The van der Waals surface area contributed by atoms with Crippen molar-refractivity contribution in [3.63, 3.8) is 0 Å². The Hall–Kier alpha value is -3.95. The lowest BCUT2D eigenvalue weighted by atomic mass is 10.1. The van der Waals surface area contributed by atoms with Crippen molar-refractivity contribution in [3.8, 4) is 17.2 Å². The van der Waals surface area contributed by atoms with E-state index >= 15 is 0 Å². The summed E-state index contributed by atoms with van der Waals surface area (Å²) in [5, 5.41) is 5.53. The van der Waals surface area contributed by atoms with Gasteiger partial charge < -0.3 is 29.6 Å². The van der Waals surface area contributed by atoms with Crippen LogP contribution in [-0.2, 0) is 9.47 Å². The molecule has 1 unspecified atom stereocenters. The second-order valence-corrected chi connectivity index (χ2v) is 10.3. The van der Waals surface area contributed by atoms with E-state index in [0.29, 0.717) is 49.9 Å². The quantitative estimate of drug-likeness (QED) is 0.198. The Balaban J connectivity index is 1.28. The van der Waals surface area contributed by atoms with E-state index in [4.69, 9.17) is 18.9 Å². The first-order valence-corrected chi connectivity index (χ1v) is 15.2. The van der Waals surface area contributed by atoms with Crippen LogP contribution in [0.3, 0.4) is 0 Å². The molecule has 42 heavy (non-hydrogen) atoms. The number of alkyl carbamates (subject to hydrolysis) is 2. The number of nitrogens with zero attached hydrogens (tertiary/aromatic N) is 1. The predicted molar refractivity (Wildman–Crippen MR) is 160 cm³/mol. The van der Waals surface area contributed by atoms with Crippen molar-refractivity contribution in [1.29, 1.82) is 0 Å². The van der Waals surface area contributed by atoms with Gasteiger partial charge in [-0.25, -0.2) is 14.4 Å². The summed E-state index contributed by atoms with van der Waals surface area (Å²) in [4.78, 5) is 38.4. The van der Waals surface area contributed by atoms with Gasteiger partial charge in [0.1, 0.15) is 17.2 Å². The number of amides is 3. The molecule has 1 fully saturated rings. The van der Waals surface area contributed by atoms with Gasteiger partial charge in [-0.05, 0) is 74.9 Å². The topological polar surface area (TPSA) is 115 Å². The minimum absolute atomic E-state index is 0.358. The number of ether oxygens (including phenoxy) is 4. The van der Waals surface area contributed by atoms with E-state index < -0.39 is 18.4 Å². The Bertz CT molecular complexity index is 1070. The molecular weight excluding hydrogens is 538 g/mol. The second-order valence-electron chi connectivity index (χ2n) is 10.3. The average molecular weight is 584 g/mol. The molecule has 1 saturated heterocycles. The van der Waals surface area contributed by atoms with Gasteiger partial charge in [-0.15, -0.1) is 0 Å². The highest BCUT2D eigenvalue weighted by molar-refractivity contribution is 5.72. The molecule has 10 nitrogen and oxygen atoms in total. The van der Waals surface area contributed by atoms with Crippen LogP contribution < -0.4 is 20.1 Å². The van der Waals surface area contributed by atoms with Crippen molar-refractivity contribution in [2.45, 2.75) is 83.8 Å². The Morgan fingerprint density at radius 2 is 1.40 bits per heavy atom. The molecule has 2 N–H and O–H groups in total. The largest absolute Gasteiger partial charge is 0.457 e. The van der Waals surface area contributed by atoms with Gasteiger partial charge in [0.05, 0.1) is 6.61 Å². The highest BCUT2D eigenvalue weighted by Gasteiger charge is 2.31. The van der Waals surface area contributed by atoms with Crippen molar-refractivity contribution in [2.24, 2.45) is 0 Å². The molecule has 10 heteroatoms. The first kappa shape index (κ1) is 32.6. The molecule has 0 saturated carbocycles. The first-order chi connectivity index (χ1) is 20.5. The maximum absolute atomic E-state index is 12.9. The fourth-order valence-corrected chi connectivity index (χ4v) is 4.49. The first-order valence-electron chi connectivity index (χ1n) is 15.2. The molecule has 3 rings (SSSR count). The van der Waals surface area contributed by atoms with Gasteiger partial charge >= 0.3 is 18.3 Å². The molecule has 0 bridgehead atoms. The van der Waals surface area contributed by atoms with Crippen LogP contribution in [-0.4, -0.2) is 55.6 Å². The molecule has 2 aromatic rings. The lowest BCUT2D eigenvalue weighted by molar-refractivity contribution is -0.0224. The number of carbonyl (C=O) groups is 3. The Labute approximate surface area is 249 Å². The van der Waals surface area contributed by atoms with Gasteiger partial charge in [-0.3, -0.25) is 4.90 Å². The molecule has 0 aliphatic carbocycles. The van der Waals surface area contributed by atoms with E-state index in [1.165, 1.54) is 17.7 Å². The fourth-order valence-electron chi connectivity index (χ4n) is 4.49. The number of benzene rings is 2. The molecule has 1 atom stereocenters. The van der Waals surface area contributed by atoms with Crippen molar-refractivity contribution in [1.82, 2.24) is 15.5 Å². The monoisotopic (exact) mass is 583 g/mol. The summed E-state index contributed by atoms with van der Waals surface area (Å²) in [5.74, 6) is 1.72. The maximum atomic E-state index is 12.9. The summed E-state index contributed by atoms with van der Waals surface area (Å²) < 4.78 is 22.1. The summed E-state index contributed by atoms with van der Waals surface area (Å²) >= 11 is 0. The third kappa shape index (κ3) is 12.7. The predicted octanol–water partition coefficient (Wildman–Crippen LogP) is 7.38. The Morgan fingerprint density at radius 1 is 0.762 bits per heavy atom. The van der Waals surface area contributed by atoms with Gasteiger partial charge in [0, 0.05) is 26.1 Å². The summed E-state index contributed by atoms with van der Waals surface area (Å²) in [7, 11) is 0. The number of unbranched alkanes of at least 4 members (excludes halogenated alkanes) is 6. The second kappa shape index (κ2) is 19.2. The number of rotatable bonds is 16. The number of nitrogens with one attached hydrogen (secondary N) is 2. The number of hydrogen-bond donors (Lipinski definition) is 2. The van der Waals surface area contributed by atoms with Crippen LogP contribution in [0.4, 0.5) is 14.4 Å². The van der Waals surface area contributed by atoms with Crippen molar-refractivity contribution in [3.05, 3.63) is 54.6 Å². The van der Waals surface area contributed by atoms with Crippen molar-refractivity contribution >= 4 is 18.3 Å². The normalized spacial score (nSPS) is 14.5. The third-order valence-corrected chi connectivity index (χ3v) is 6.81. The molecule has 0 spiro atoms. The number of piperidine rings is 1. The van der Waals surface area contributed by atoms with Crippen LogP contribution >= 0.6 is 0 Å². The molecule has 0 radical (unpaired) electrons. The molecule has 1 aliphatic heterocycles. The van der Waals surface area contributed by atoms with Crippen molar-refractivity contribution in [2.75, 3.05) is 26.2 Å². The number of para-hydroxylation sites is 1. The Kier molecular flexibility index (Phi) is 14.9. The highest BCUT2D eigenvalue weighted by atomic mass is 16.6. The average Bonchev–Trinajstić information content (AvgIpc) is 3.00. The van der Waals surface area contributed by atoms with Gasteiger partial charge in [0.25, 0.3) is 0 Å². The molecule has 230 valence electrons. The van der Waals surface area contributed by atoms with E-state index in [1.54, 1.807) is 24.3 Å². The van der Waals surface area contributed by atoms with Crippen LogP contribution in [0.1, 0.15) is 77.6 Å². The zero-order valence-corrected chi connectivity index (χ0v) is 24.7. The fraction of sp³-hybridized carbons (Fsp3) is 0.531. The maximum Gasteiger partial charge on any atom is 0.418 e. The standard InChI is InChI=1S/C32H45N3O7/c1-2-3-4-11-22-33-30(36)39-25-14-6-5-12-23-34-31(37)42-29-17-10-13-24-35(29)32(38)41-28-20-18-27(19-21-28)40-26-15-8-7-9-16-26/h7-9,15-16,18-21,29H,2-6,10-14,17,22-25H2,1H3,(H,33,36)(H,34,37). The third-order valence-electron chi connectivity index (χ3n) is 6.81. The molecular formula is C32H45N3O7. The highest BCUT2D eigenvalue weighted by Crippen LogP contribution is 2.25. The molecule has 3 amide bonds. The van der Waals surface area contributed by atoms with Gasteiger partial charge in [0.2, 0.25) is 0 Å². The van der Waals surface area contributed by atoms with E-state index in [9.17, 15) is 14.4 Å². The zero-order chi connectivity index (χ0) is 29.8. The van der Waals surface area contributed by atoms with Gasteiger partial charge in [0.15, 0.2) is 6.23 Å². The summed E-state index contributed by atoms with van der Waals surface area (Å²) in [6, 6.07) is 16.2. The summed E-state index contributed by atoms with van der Waals surface area (Å²) in [6.45, 7) is 4.10. The molecule has 1 heterocycles.